The summed E-state index contributed by atoms with van der Waals surface area (Å²) in [5.41, 5.74) is 0.577. The molecule has 1 N–H and O–H groups in total. The van der Waals surface area contributed by atoms with Crippen LogP contribution in [-0.4, -0.2) is 10.1 Å². The molecule has 0 saturated carbocycles. The SMILES string of the molecule is C[C@H](O)c1ccc(Sc2ccccn2)c(F)c1. The molecule has 2 rings (SSSR count). The van der Waals surface area contributed by atoms with Gasteiger partial charge in [0.05, 0.1) is 6.10 Å². The van der Waals surface area contributed by atoms with Crippen LogP contribution in [0.25, 0.3) is 0 Å². The van der Waals surface area contributed by atoms with Gasteiger partial charge in [-0.2, -0.15) is 0 Å². The van der Waals surface area contributed by atoms with E-state index in [4.69, 9.17) is 0 Å². The molecule has 2 aromatic rings. The zero-order valence-electron chi connectivity index (χ0n) is 9.30. The van der Waals surface area contributed by atoms with Gasteiger partial charge in [-0.05, 0) is 36.8 Å². The lowest BCUT2D eigenvalue weighted by atomic mass is 10.1. The van der Waals surface area contributed by atoms with Gasteiger partial charge in [-0.25, -0.2) is 9.37 Å². The van der Waals surface area contributed by atoms with Crippen LogP contribution in [0.3, 0.4) is 0 Å². The molecule has 1 heterocycles. The van der Waals surface area contributed by atoms with E-state index in [1.807, 2.05) is 18.2 Å². The van der Waals surface area contributed by atoms with Crippen LogP contribution >= 0.6 is 11.8 Å². The topological polar surface area (TPSA) is 33.1 Å². The van der Waals surface area contributed by atoms with Crippen LogP contribution in [0.4, 0.5) is 4.39 Å². The number of hydrogen-bond donors (Lipinski definition) is 1. The van der Waals surface area contributed by atoms with E-state index in [0.29, 0.717) is 10.5 Å². The first kappa shape index (κ1) is 12.1. The Labute approximate surface area is 104 Å². The van der Waals surface area contributed by atoms with Gasteiger partial charge in [-0.15, -0.1) is 0 Å². The van der Waals surface area contributed by atoms with E-state index >= 15 is 0 Å². The number of aliphatic hydroxyl groups excluding tert-OH is 1. The van der Waals surface area contributed by atoms with Gasteiger partial charge < -0.3 is 5.11 Å². The van der Waals surface area contributed by atoms with Crippen LogP contribution in [0.2, 0.25) is 0 Å². The van der Waals surface area contributed by atoms with E-state index in [-0.39, 0.29) is 5.82 Å². The first-order chi connectivity index (χ1) is 8.16. The van der Waals surface area contributed by atoms with Crippen molar-refractivity contribution in [2.45, 2.75) is 22.9 Å². The van der Waals surface area contributed by atoms with Crippen molar-refractivity contribution in [2.24, 2.45) is 0 Å². The van der Waals surface area contributed by atoms with Gasteiger partial charge in [0.15, 0.2) is 0 Å². The predicted octanol–water partition coefficient (Wildman–Crippen LogP) is 3.43. The molecule has 0 aliphatic rings. The zero-order chi connectivity index (χ0) is 12.3. The minimum atomic E-state index is -0.654. The Bertz CT molecular complexity index is 502. The van der Waals surface area contributed by atoms with Crippen molar-refractivity contribution in [1.82, 2.24) is 4.98 Å². The fraction of sp³-hybridized carbons (Fsp3) is 0.154. The Morgan fingerprint density at radius 1 is 1.29 bits per heavy atom. The first-order valence-electron chi connectivity index (χ1n) is 5.23. The average Bonchev–Trinajstić information content (AvgIpc) is 2.33. The number of halogens is 1. The maximum atomic E-state index is 13.7. The Morgan fingerprint density at radius 2 is 2.12 bits per heavy atom. The lowest BCUT2D eigenvalue weighted by Crippen LogP contribution is -1.93. The number of rotatable bonds is 3. The molecule has 1 aromatic heterocycles. The summed E-state index contributed by atoms with van der Waals surface area (Å²) in [4.78, 5) is 4.63. The lowest BCUT2D eigenvalue weighted by Gasteiger charge is -2.07. The Hall–Kier alpha value is -1.39. The molecule has 1 aromatic carbocycles. The normalized spacial score (nSPS) is 12.4. The van der Waals surface area contributed by atoms with E-state index in [1.54, 1.807) is 25.3 Å². The molecular weight excluding hydrogens is 237 g/mol. The van der Waals surface area contributed by atoms with Crippen molar-refractivity contribution in [3.63, 3.8) is 0 Å². The Kier molecular flexibility index (Phi) is 3.76. The molecule has 0 amide bonds. The number of pyridine rings is 1. The zero-order valence-corrected chi connectivity index (χ0v) is 10.1. The minimum absolute atomic E-state index is 0.334. The molecule has 88 valence electrons. The summed E-state index contributed by atoms with van der Waals surface area (Å²) >= 11 is 1.27. The third-order valence-electron chi connectivity index (χ3n) is 2.29. The summed E-state index contributed by atoms with van der Waals surface area (Å²) in [6, 6.07) is 10.2. The molecule has 0 radical (unpaired) electrons. The largest absolute Gasteiger partial charge is 0.389 e. The van der Waals surface area contributed by atoms with Gasteiger partial charge in [0.1, 0.15) is 10.8 Å². The molecule has 4 heteroatoms. The van der Waals surface area contributed by atoms with Crippen molar-refractivity contribution in [1.29, 1.82) is 0 Å². The van der Waals surface area contributed by atoms with Crippen LogP contribution in [0.1, 0.15) is 18.6 Å². The van der Waals surface area contributed by atoms with E-state index in [0.717, 1.165) is 5.03 Å². The van der Waals surface area contributed by atoms with Gasteiger partial charge in [-0.3, -0.25) is 0 Å². The molecule has 0 spiro atoms. The first-order valence-corrected chi connectivity index (χ1v) is 6.05. The van der Waals surface area contributed by atoms with Crippen LogP contribution in [0.5, 0.6) is 0 Å². The number of hydrogen-bond acceptors (Lipinski definition) is 3. The van der Waals surface area contributed by atoms with Crippen molar-refractivity contribution >= 4 is 11.8 Å². The third kappa shape index (κ3) is 3.05. The number of benzene rings is 1. The number of aliphatic hydroxyl groups is 1. The second kappa shape index (κ2) is 5.29. The van der Waals surface area contributed by atoms with Crippen molar-refractivity contribution in [2.75, 3.05) is 0 Å². The van der Waals surface area contributed by atoms with Gasteiger partial charge in [0.25, 0.3) is 0 Å². The average molecular weight is 249 g/mol. The van der Waals surface area contributed by atoms with Gasteiger partial charge >= 0.3 is 0 Å². The van der Waals surface area contributed by atoms with E-state index < -0.39 is 6.10 Å². The third-order valence-corrected chi connectivity index (χ3v) is 3.29. The molecule has 1 atom stereocenters. The summed E-state index contributed by atoms with van der Waals surface area (Å²) in [7, 11) is 0. The van der Waals surface area contributed by atoms with Crippen molar-refractivity contribution in [3.05, 3.63) is 54.0 Å². The van der Waals surface area contributed by atoms with Crippen molar-refractivity contribution in [3.8, 4) is 0 Å². The van der Waals surface area contributed by atoms with Crippen LogP contribution in [-0.2, 0) is 0 Å². The molecule has 0 bridgehead atoms. The highest BCUT2D eigenvalue weighted by atomic mass is 32.2. The van der Waals surface area contributed by atoms with Gasteiger partial charge in [-0.1, -0.05) is 23.9 Å². The summed E-state index contributed by atoms with van der Waals surface area (Å²) in [6.07, 6.45) is 1.02. The standard InChI is InChI=1S/C13H12FNOS/c1-9(16)10-5-6-12(11(14)8-10)17-13-4-2-3-7-15-13/h2-9,16H,1H3/t9-/m0/s1. The highest BCUT2D eigenvalue weighted by Crippen LogP contribution is 2.29. The summed E-state index contributed by atoms with van der Waals surface area (Å²) in [5.74, 6) is -0.334. The van der Waals surface area contributed by atoms with Crippen molar-refractivity contribution < 1.29 is 9.50 Å². The summed E-state index contributed by atoms with van der Waals surface area (Å²) in [6.45, 7) is 1.61. The molecule has 0 aliphatic heterocycles. The summed E-state index contributed by atoms with van der Waals surface area (Å²) in [5, 5.41) is 10.1. The predicted molar refractivity (Wildman–Crippen MR) is 65.4 cm³/mol. The fourth-order valence-electron chi connectivity index (χ4n) is 1.38. The summed E-state index contributed by atoms with van der Waals surface area (Å²) < 4.78 is 13.7. The molecule has 0 unspecified atom stereocenters. The van der Waals surface area contributed by atoms with Crippen LogP contribution < -0.4 is 0 Å². The highest BCUT2D eigenvalue weighted by Gasteiger charge is 2.08. The molecule has 0 saturated heterocycles. The number of aromatic nitrogens is 1. The second-order valence-corrected chi connectivity index (χ2v) is 4.70. The number of nitrogens with zero attached hydrogens (tertiary/aromatic N) is 1. The molecule has 0 fully saturated rings. The fourth-order valence-corrected chi connectivity index (χ4v) is 2.16. The minimum Gasteiger partial charge on any atom is -0.389 e. The lowest BCUT2D eigenvalue weighted by molar-refractivity contribution is 0.198. The quantitative estimate of drug-likeness (QED) is 0.904. The Balaban J connectivity index is 2.23. The van der Waals surface area contributed by atoms with E-state index in [9.17, 15) is 9.50 Å². The monoisotopic (exact) mass is 249 g/mol. The molecular formula is C13H12FNOS. The molecule has 2 nitrogen and oxygen atoms in total. The van der Waals surface area contributed by atoms with Gasteiger partial charge in [0.2, 0.25) is 0 Å². The van der Waals surface area contributed by atoms with E-state index in [2.05, 4.69) is 4.98 Å². The van der Waals surface area contributed by atoms with Crippen LogP contribution in [0, 0.1) is 5.82 Å². The smallest absolute Gasteiger partial charge is 0.137 e. The Morgan fingerprint density at radius 3 is 2.71 bits per heavy atom. The second-order valence-electron chi connectivity index (χ2n) is 3.64. The maximum Gasteiger partial charge on any atom is 0.137 e. The highest BCUT2D eigenvalue weighted by molar-refractivity contribution is 7.99. The molecule has 17 heavy (non-hydrogen) atoms. The van der Waals surface area contributed by atoms with Gasteiger partial charge in [0, 0.05) is 11.1 Å². The maximum absolute atomic E-state index is 13.7. The van der Waals surface area contributed by atoms with E-state index in [1.165, 1.54) is 17.8 Å². The molecule has 0 aliphatic carbocycles. The van der Waals surface area contributed by atoms with Crippen LogP contribution in [0.15, 0.2) is 52.5 Å².